The van der Waals surface area contributed by atoms with Crippen molar-refractivity contribution in [1.82, 2.24) is 5.01 Å². The second-order valence-corrected chi connectivity index (χ2v) is 3.28. The minimum atomic E-state index is -0.464. The van der Waals surface area contributed by atoms with Gasteiger partial charge in [0.15, 0.2) is 6.23 Å². The van der Waals surface area contributed by atoms with Crippen molar-refractivity contribution in [3.8, 4) is 0 Å². The predicted octanol–water partition coefficient (Wildman–Crippen LogP) is 1.96. The molecule has 1 unspecified atom stereocenters. The lowest BCUT2D eigenvalue weighted by atomic mass is 10.2. The molecule has 0 spiro atoms. The van der Waals surface area contributed by atoms with Crippen molar-refractivity contribution in [3.63, 3.8) is 0 Å². The Labute approximate surface area is 94.9 Å². The van der Waals surface area contributed by atoms with E-state index in [1.807, 2.05) is 30.3 Å². The highest BCUT2D eigenvalue weighted by Crippen LogP contribution is 2.20. The molecule has 0 fully saturated rings. The average Bonchev–Trinajstić information content (AvgIpc) is 2.35. The van der Waals surface area contributed by atoms with Gasteiger partial charge in [0.05, 0.1) is 18.5 Å². The maximum Gasteiger partial charge on any atom is 0.174 e. The molecule has 0 heterocycles. The van der Waals surface area contributed by atoms with Gasteiger partial charge in [0.2, 0.25) is 0 Å². The van der Waals surface area contributed by atoms with E-state index in [0.29, 0.717) is 13.2 Å². The van der Waals surface area contributed by atoms with E-state index in [2.05, 4.69) is 5.29 Å². The van der Waals surface area contributed by atoms with E-state index < -0.39 is 6.23 Å². The zero-order chi connectivity index (χ0) is 11.8. The van der Waals surface area contributed by atoms with Crippen molar-refractivity contribution in [3.05, 3.63) is 40.8 Å². The van der Waals surface area contributed by atoms with Gasteiger partial charge in [-0.1, -0.05) is 30.3 Å². The Balaban J connectivity index is 2.67. The molecule has 0 aliphatic heterocycles. The van der Waals surface area contributed by atoms with Gasteiger partial charge in [-0.25, -0.2) is 5.01 Å². The molecule has 0 aromatic heterocycles. The summed E-state index contributed by atoms with van der Waals surface area (Å²) in [5.74, 6) is 0. The molecular formula is C11H16N2O3. The number of hydrogen-bond acceptors (Lipinski definition) is 4. The van der Waals surface area contributed by atoms with Crippen LogP contribution in [-0.2, 0) is 9.47 Å². The van der Waals surface area contributed by atoms with E-state index >= 15 is 0 Å². The number of ether oxygens (including phenoxy) is 2. The molecule has 16 heavy (non-hydrogen) atoms. The highest BCUT2D eigenvalue weighted by molar-refractivity contribution is 5.16. The summed E-state index contributed by atoms with van der Waals surface area (Å²) in [4.78, 5) is 10.5. The van der Waals surface area contributed by atoms with E-state index in [1.165, 1.54) is 5.01 Å². The lowest BCUT2D eigenvalue weighted by Crippen LogP contribution is -2.23. The number of nitroso groups, excluding NO2 is 1. The van der Waals surface area contributed by atoms with Crippen molar-refractivity contribution >= 4 is 0 Å². The van der Waals surface area contributed by atoms with Crippen LogP contribution in [0.4, 0.5) is 0 Å². The Morgan fingerprint density at radius 3 is 2.56 bits per heavy atom. The molecule has 0 radical (unpaired) electrons. The molecule has 0 bridgehead atoms. The zero-order valence-corrected chi connectivity index (χ0v) is 9.50. The minimum Gasteiger partial charge on any atom is -0.382 e. The maximum atomic E-state index is 10.5. The number of nitrogens with zero attached hydrogens (tertiary/aromatic N) is 2. The summed E-state index contributed by atoms with van der Waals surface area (Å²) >= 11 is 0. The first kappa shape index (κ1) is 12.6. The summed E-state index contributed by atoms with van der Waals surface area (Å²) in [6.45, 7) is 0.895. The maximum absolute atomic E-state index is 10.5. The van der Waals surface area contributed by atoms with Crippen LogP contribution >= 0.6 is 0 Å². The third-order valence-electron chi connectivity index (χ3n) is 2.12. The fourth-order valence-electron chi connectivity index (χ4n) is 1.32. The Hall–Kier alpha value is -1.46. The summed E-state index contributed by atoms with van der Waals surface area (Å²) in [5, 5.41) is 4.10. The van der Waals surface area contributed by atoms with Crippen LogP contribution in [-0.4, -0.2) is 32.4 Å². The molecule has 88 valence electrons. The van der Waals surface area contributed by atoms with E-state index in [1.54, 1.807) is 14.2 Å². The van der Waals surface area contributed by atoms with Gasteiger partial charge in [0, 0.05) is 19.7 Å². The van der Waals surface area contributed by atoms with E-state index in [4.69, 9.17) is 9.47 Å². The Morgan fingerprint density at radius 1 is 1.31 bits per heavy atom. The smallest absolute Gasteiger partial charge is 0.174 e. The van der Waals surface area contributed by atoms with Crippen molar-refractivity contribution in [1.29, 1.82) is 0 Å². The van der Waals surface area contributed by atoms with Crippen LogP contribution in [0.15, 0.2) is 35.6 Å². The SMILES string of the molecule is COCCOC(c1ccccc1)N(C)N=O. The average molecular weight is 224 g/mol. The van der Waals surface area contributed by atoms with E-state index in [-0.39, 0.29) is 0 Å². The lowest BCUT2D eigenvalue weighted by molar-refractivity contribution is -0.0656. The number of hydrogen-bond donors (Lipinski definition) is 0. The molecule has 1 atom stereocenters. The molecule has 0 amide bonds. The molecule has 0 aliphatic carbocycles. The van der Waals surface area contributed by atoms with Crippen LogP contribution < -0.4 is 0 Å². The Bertz CT molecular complexity index is 305. The quantitative estimate of drug-likeness (QED) is 0.307. The van der Waals surface area contributed by atoms with Gasteiger partial charge in [-0.05, 0) is 0 Å². The van der Waals surface area contributed by atoms with Crippen LogP contribution in [0.1, 0.15) is 11.8 Å². The first-order chi connectivity index (χ1) is 7.79. The van der Waals surface area contributed by atoms with Crippen molar-refractivity contribution in [2.45, 2.75) is 6.23 Å². The fourth-order valence-corrected chi connectivity index (χ4v) is 1.32. The minimum absolute atomic E-state index is 0.413. The number of methoxy groups -OCH3 is 1. The molecule has 5 nitrogen and oxygen atoms in total. The van der Waals surface area contributed by atoms with Crippen molar-refractivity contribution < 1.29 is 9.47 Å². The summed E-state index contributed by atoms with van der Waals surface area (Å²) < 4.78 is 10.4. The van der Waals surface area contributed by atoms with Gasteiger partial charge in [-0.15, -0.1) is 4.91 Å². The first-order valence-electron chi connectivity index (χ1n) is 5.01. The third-order valence-corrected chi connectivity index (χ3v) is 2.12. The highest BCUT2D eigenvalue weighted by atomic mass is 16.5. The highest BCUT2D eigenvalue weighted by Gasteiger charge is 2.16. The third kappa shape index (κ3) is 3.60. The Kier molecular flexibility index (Phi) is 5.45. The van der Waals surface area contributed by atoms with Gasteiger partial charge in [-0.3, -0.25) is 0 Å². The monoisotopic (exact) mass is 224 g/mol. The predicted molar refractivity (Wildman–Crippen MR) is 60.6 cm³/mol. The van der Waals surface area contributed by atoms with Gasteiger partial charge in [-0.2, -0.15) is 0 Å². The van der Waals surface area contributed by atoms with E-state index in [9.17, 15) is 4.91 Å². The van der Waals surface area contributed by atoms with Gasteiger partial charge in [0.25, 0.3) is 0 Å². The topological polar surface area (TPSA) is 51.1 Å². The molecule has 1 rings (SSSR count). The van der Waals surface area contributed by atoms with Crippen LogP contribution in [0, 0.1) is 4.91 Å². The molecular weight excluding hydrogens is 208 g/mol. The number of benzene rings is 1. The van der Waals surface area contributed by atoms with Crippen LogP contribution in [0.2, 0.25) is 0 Å². The van der Waals surface area contributed by atoms with Gasteiger partial charge < -0.3 is 9.47 Å². The standard InChI is InChI=1S/C11H16N2O3/c1-13(12-14)11(16-9-8-15-2)10-6-4-3-5-7-10/h3-7,11H,8-9H2,1-2H3. The largest absolute Gasteiger partial charge is 0.382 e. The summed E-state index contributed by atoms with van der Waals surface area (Å²) in [6.07, 6.45) is -0.464. The summed E-state index contributed by atoms with van der Waals surface area (Å²) in [6, 6.07) is 9.46. The second-order valence-electron chi connectivity index (χ2n) is 3.28. The van der Waals surface area contributed by atoms with Crippen LogP contribution in [0.5, 0.6) is 0 Å². The molecule has 1 aromatic carbocycles. The van der Waals surface area contributed by atoms with Crippen LogP contribution in [0.3, 0.4) is 0 Å². The molecule has 0 N–H and O–H groups in total. The molecule has 0 saturated carbocycles. The van der Waals surface area contributed by atoms with E-state index in [0.717, 1.165) is 5.56 Å². The van der Waals surface area contributed by atoms with Crippen LogP contribution in [0.25, 0.3) is 0 Å². The lowest BCUT2D eigenvalue weighted by Gasteiger charge is -2.23. The fraction of sp³-hybridized carbons (Fsp3) is 0.455. The zero-order valence-electron chi connectivity index (χ0n) is 9.50. The van der Waals surface area contributed by atoms with Crippen molar-refractivity contribution in [2.75, 3.05) is 27.4 Å². The molecule has 0 saturated heterocycles. The first-order valence-corrected chi connectivity index (χ1v) is 5.01. The normalized spacial score (nSPS) is 12.1. The number of rotatable bonds is 7. The molecule has 1 aromatic rings. The molecule has 0 aliphatic rings. The molecule has 5 heteroatoms. The second kappa shape index (κ2) is 6.92. The van der Waals surface area contributed by atoms with Gasteiger partial charge >= 0.3 is 0 Å². The van der Waals surface area contributed by atoms with Gasteiger partial charge in [0.1, 0.15) is 0 Å². The summed E-state index contributed by atoms with van der Waals surface area (Å²) in [5.41, 5.74) is 0.890. The van der Waals surface area contributed by atoms with Crippen molar-refractivity contribution in [2.24, 2.45) is 5.29 Å². The summed E-state index contributed by atoms with van der Waals surface area (Å²) in [7, 11) is 3.18. The Morgan fingerprint density at radius 2 is 2.00 bits per heavy atom.